The lowest BCUT2D eigenvalue weighted by Crippen LogP contribution is -2.44. The molecule has 0 bridgehead atoms. The van der Waals surface area contributed by atoms with Crippen LogP contribution in [0.25, 0.3) is 0 Å². The summed E-state index contributed by atoms with van der Waals surface area (Å²) in [7, 11) is 5.90. The summed E-state index contributed by atoms with van der Waals surface area (Å²) in [6.07, 6.45) is 32.0. The molecular weight excluding hydrogens is 646 g/mol. The molecule has 0 radical (unpaired) electrons. The number of likely N-dealkylation sites (N-methyl/N-ethyl adjacent to an activating group) is 1. The lowest BCUT2D eigenvalue weighted by atomic mass is 10.0. The number of aliphatic carboxylic acids is 1. The van der Waals surface area contributed by atoms with E-state index in [1.54, 1.807) is 0 Å². The van der Waals surface area contributed by atoms with Crippen LogP contribution in [-0.4, -0.2) is 82.3 Å². The smallest absolute Gasteiger partial charge is 0.306 e. The normalized spacial score (nSPS) is 13.2. The number of nitrogens with zero attached hydrogens (tertiary/aromatic N) is 1. The van der Waals surface area contributed by atoms with Gasteiger partial charge in [-0.2, -0.15) is 0 Å². The molecule has 0 aliphatic rings. The number of carbonyl (C=O) groups excluding carboxylic acids is 3. The van der Waals surface area contributed by atoms with Crippen molar-refractivity contribution in [2.24, 2.45) is 0 Å². The summed E-state index contributed by atoms with van der Waals surface area (Å²) in [5, 5.41) is 11.6. The minimum absolute atomic E-state index is 0.146. The Morgan fingerprint density at radius 1 is 0.588 bits per heavy atom. The van der Waals surface area contributed by atoms with Crippen molar-refractivity contribution in [3.8, 4) is 0 Å². The van der Waals surface area contributed by atoms with Gasteiger partial charge in [0.05, 0.1) is 40.3 Å². The number of hydrogen-bond donors (Lipinski definition) is 0. The van der Waals surface area contributed by atoms with E-state index in [2.05, 4.69) is 38.2 Å². The Kier molecular flexibility index (Phi) is 33.3. The van der Waals surface area contributed by atoms with E-state index < -0.39 is 24.3 Å². The predicted molar refractivity (Wildman–Crippen MR) is 205 cm³/mol. The maximum atomic E-state index is 12.7. The van der Waals surface area contributed by atoms with Gasteiger partial charge in [0.2, 0.25) is 0 Å². The molecule has 0 aromatic carbocycles. The van der Waals surface area contributed by atoms with Crippen molar-refractivity contribution in [3.05, 3.63) is 24.3 Å². The van der Waals surface area contributed by atoms with Crippen LogP contribution in [0.5, 0.6) is 0 Å². The van der Waals surface area contributed by atoms with E-state index in [1.807, 2.05) is 21.1 Å². The Morgan fingerprint density at radius 3 is 1.61 bits per heavy atom. The SMILES string of the molecule is CCCC/C=C\C/C=C\CCCCCCCC(=O)OC(COC(=O)CCCCCCCCCCCCCC)COC(OCC[N+](C)(C)C)C(=O)[O-]. The summed E-state index contributed by atoms with van der Waals surface area (Å²) in [4.78, 5) is 36.8. The molecule has 0 N–H and O–H groups in total. The highest BCUT2D eigenvalue weighted by molar-refractivity contribution is 5.70. The van der Waals surface area contributed by atoms with Gasteiger partial charge in [-0.15, -0.1) is 0 Å². The molecule has 9 nitrogen and oxygen atoms in total. The number of carbonyl (C=O) groups is 3. The fourth-order valence-corrected chi connectivity index (χ4v) is 5.43. The number of esters is 2. The first kappa shape index (κ1) is 48.8. The zero-order valence-corrected chi connectivity index (χ0v) is 33.5. The lowest BCUT2D eigenvalue weighted by Gasteiger charge is -2.26. The van der Waals surface area contributed by atoms with E-state index >= 15 is 0 Å². The zero-order valence-electron chi connectivity index (χ0n) is 33.5. The Morgan fingerprint density at radius 2 is 1.08 bits per heavy atom. The molecule has 0 heterocycles. The van der Waals surface area contributed by atoms with Crippen molar-refractivity contribution in [1.29, 1.82) is 0 Å². The highest BCUT2D eigenvalue weighted by Gasteiger charge is 2.21. The molecule has 0 aliphatic carbocycles. The molecule has 2 atom stereocenters. The third kappa shape index (κ3) is 35.9. The minimum Gasteiger partial charge on any atom is -0.545 e. The first-order valence-electron chi connectivity index (χ1n) is 20.5. The molecule has 298 valence electrons. The van der Waals surface area contributed by atoms with E-state index in [0.29, 0.717) is 23.9 Å². The summed E-state index contributed by atoms with van der Waals surface area (Å²) in [5.41, 5.74) is 0. The number of ether oxygens (including phenoxy) is 4. The molecule has 0 saturated carbocycles. The van der Waals surface area contributed by atoms with Crippen LogP contribution < -0.4 is 5.11 Å². The molecule has 0 rings (SSSR count). The fourth-order valence-electron chi connectivity index (χ4n) is 5.43. The Bertz CT molecular complexity index is 898. The number of carboxylic acids is 1. The topological polar surface area (TPSA) is 111 Å². The molecule has 0 aromatic heterocycles. The molecule has 2 unspecified atom stereocenters. The van der Waals surface area contributed by atoms with Crippen LogP contribution in [0.3, 0.4) is 0 Å². The van der Waals surface area contributed by atoms with Crippen molar-refractivity contribution < 1.29 is 42.9 Å². The lowest BCUT2D eigenvalue weighted by molar-refractivity contribution is -0.870. The number of carboxylic acid groups (broad SMARTS) is 1. The zero-order chi connectivity index (χ0) is 37.8. The first-order valence-corrected chi connectivity index (χ1v) is 20.5. The van der Waals surface area contributed by atoms with Gasteiger partial charge in [0.15, 0.2) is 12.4 Å². The van der Waals surface area contributed by atoms with Crippen molar-refractivity contribution in [1.82, 2.24) is 0 Å². The molecule has 9 heteroatoms. The average molecular weight is 724 g/mol. The minimum atomic E-state index is -1.62. The Balaban J connectivity index is 4.52. The second kappa shape index (κ2) is 34.8. The molecule has 0 fully saturated rings. The number of allylic oxidation sites excluding steroid dienone is 4. The van der Waals surface area contributed by atoms with Crippen molar-refractivity contribution in [3.63, 3.8) is 0 Å². The van der Waals surface area contributed by atoms with Crippen LogP contribution in [0.4, 0.5) is 0 Å². The van der Waals surface area contributed by atoms with Crippen molar-refractivity contribution in [2.45, 2.75) is 180 Å². The van der Waals surface area contributed by atoms with Crippen LogP contribution in [0.2, 0.25) is 0 Å². The first-order chi connectivity index (χ1) is 24.6. The highest BCUT2D eigenvalue weighted by atomic mass is 16.7. The predicted octanol–water partition coefficient (Wildman–Crippen LogP) is 8.77. The molecular formula is C42H77NO8. The van der Waals surface area contributed by atoms with E-state index in [-0.39, 0.29) is 32.2 Å². The Hall–Kier alpha value is -2.23. The van der Waals surface area contributed by atoms with Gasteiger partial charge in [-0.05, 0) is 38.5 Å². The van der Waals surface area contributed by atoms with Crippen LogP contribution in [0, 0.1) is 0 Å². The van der Waals surface area contributed by atoms with Crippen molar-refractivity contribution >= 4 is 17.9 Å². The van der Waals surface area contributed by atoms with Crippen LogP contribution in [-0.2, 0) is 33.3 Å². The number of hydrogen-bond acceptors (Lipinski definition) is 8. The summed E-state index contributed by atoms with van der Waals surface area (Å²) in [5.74, 6) is -2.30. The monoisotopic (exact) mass is 724 g/mol. The number of quaternary nitrogens is 1. The number of unbranched alkanes of at least 4 members (excludes halogenated alkanes) is 18. The van der Waals surface area contributed by atoms with Gasteiger partial charge in [0, 0.05) is 12.8 Å². The fraction of sp³-hybridized carbons (Fsp3) is 0.833. The maximum absolute atomic E-state index is 12.7. The van der Waals surface area contributed by atoms with Gasteiger partial charge >= 0.3 is 11.9 Å². The molecule has 0 amide bonds. The third-order valence-electron chi connectivity index (χ3n) is 8.70. The van der Waals surface area contributed by atoms with Gasteiger partial charge in [0.25, 0.3) is 0 Å². The van der Waals surface area contributed by atoms with E-state index in [1.165, 1.54) is 70.6 Å². The second-order valence-electron chi connectivity index (χ2n) is 14.9. The molecule has 0 spiro atoms. The quantitative estimate of drug-likeness (QED) is 0.0206. The molecule has 0 aliphatic heterocycles. The third-order valence-corrected chi connectivity index (χ3v) is 8.70. The van der Waals surface area contributed by atoms with Crippen LogP contribution in [0.15, 0.2) is 24.3 Å². The van der Waals surface area contributed by atoms with Crippen LogP contribution in [0.1, 0.15) is 168 Å². The largest absolute Gasteiger partial charge is 0.545 e. The standard InChI is InChI=1S/C42H77NO8/c1-6-8-10-12-14-16-18-20-21-23-25-27-29-31-33-40(45)51-38(37-50-42(41(46)47)48-35-34-43(3,4)5)36-49-39(44)32-30-28-26-24-22-19-17-15-13-11-9-7-2/h12,14,18,20,38,42H,6-11,13,15-17,19,21-37H2,1-5H3/b14-12-,20-18-. The van der Waals surface area contributed by atoms with E-state index in [4.69, 9.17) is 18.9 Å². The summed E-state index contributed by atoms with van der Waals surface area (Å²) >= 11 is 0. The highest BCUT2D eigenvalue weighted by Crippen LogP contribution is 2.14. The van der Waals surface area contributed by atoms with Gasteiger partial charge in [0.1, 0.15) is 13.2 Å². The maximum Gasteiger partial charge on any atom is 0.306 e. The molecule has 0 saturated heterocycles. The van der Waals surface area contributed by atoms with Gasteiger partial charge in [-0.3, -0.25) is 9.59 Å². The number of rotatable bonds is 37. The van der Waals surface area contributed by atoms with E-state index in [0.717, 1.165) is 64.2 Å². The van der Waals surface area contributed by atoms with Crippen LogP contribution >= 0.6 is 0 Å². The molecule has 51 heavy (non-hydrogen) atoms. The van der Waals surface area contributed by atoms with Gasteiger partial charge in [-0.25, -0.2) is 0 Å². The second-order valence-corrected chi connectivity index (χ2v) is 14.9. The summed E-state index contributed by atoms with van der Waals surface area (Å²) in [6, 6.07) is 0. The van der Waals surface area contributed by atoms with Gasteiger partial charge < -0.3 is 33.3 Å². The van der Waals surface area contributed by atoms with Gasteiger partial charge in [-0.1, -0.05) is 141 Å². The van der Waals surface area contributed by atoms with Crippen molar-refractivity contribution in [2.75, 3.05) is 47.5 Å². The summed E-state index contributed by atoms with van der Waals surface area (Å²) in [6.45, 7) is 4.67. The Labute approximate surface area is 312 Å². The van der Waals surface area contributed by atoms with E-state index in [9.17, 15) is 19.5 Å². The average Bonchev–Trinajstić information content (AvgIpc) is 3.08. The molecule has 0 aromatic rings. The summed E-state index contributed by atoms with van der Waals surface area (Å²) < 4.78 is 22.5.